The molecule has 1 atom stereocenters. The van der Waals surface area contributed by atoms with Crippen LogP contribution in [0.2, 0.25) is 0 Å². The minimum atomic E-state index is -0.764. The standard InChI is InChI=1S/C53H100O6/c1-4-7-10-13-16-19-22-25-26-27-28-29-32-34-37-40-43-46-52(55)58-49-50(59-53(56)47-44-41-38-35-31-24-21-18-15-12-9-6-3)48-57-51(54)45-42-39-36-33-30-23-20-17-14-11-8-5-2/h25-26,50H,4-24,27-49H2,1-3H3/b26-25-/t50-/m0/s1. The summed E-state index contributed by atoms with van der Waals surface area (Å²) in [6, 6.07) is 0. The quantitative estimate of drug-likeness (QED) is 0.0263. The fourth-order valence-corrected chi connectivity index (χ4v) is 7.79. The van der Waals surface area contributed by atoms with E-state index < -0.39 is 6.10 Å². The third kappa shape index (κ3) is 47.1. The second-order valence-corrected chi connectivity index (χ2v) is 17.8. The molecule has 0 spiro atoms. The summed E-state index contributed by atoms with van der Waals surface area (Å²) in [5.41, 5.74) is 0. The zero-order valence-electron chi connectivity index (χ0n) is 39.8. The predicted molar refractivity (Wildman–Crippen MR) is 252 cm³/mol. The molecule has 0 N–H and O–H groups in total. The summed E-state index contributed by atoms with van der Waals surface area (Å²) < 4.78 is 16.8. The number of ether oxygens (including phenoxy) is 3. The van der Waals surface area contributed by atoms with Gasteiger partial charge in [0.05, 0.1) is 0 Å². The molecule has 6 heteroatoms. The number of carbonyl (C=O) groups is 3. The normalized spacial score (nSPS) is 12.0. The summed E-state index contributed by atoms with van der Waals surface area (Å²) in [6.45, 7) is 6.66. The highest BCUT2D eigenvalue weighted by Crippen LogP contribution is 2.16. The number of rotatable bonds is 48. The van der Waals surface area contributed by atoms with Crippen LogP contribution < -0.4 is 0 Å². The van der Waals surface area contributed by atoms with Gasteiger partial charge in [0.2, 0.25) is 0 Å². The highest BCUT2D eigenvalue weighted by molar-refractivity contribution is 5.71. The van der Waals surface area contributed by atoms with E-state index in [0.717, 1.165) is 57.8 Å². The molecule has 0 aromatic carbocycles. The van der Waals surface area contributed by atoms with E-state index in [1.165, 1.54) is 193 Å². The maximum absolute atomic E-state index is 12.8. The van der Waals surface area contributed by atoms with E-state index in [4.69, 9.17) is 14.2 Å². The van der Waals surface area contributed by atoms with Gasteiger partial charge in [0.25, 0.3) is 0 Å². The first kappa shape index (κ1) is 57.1. The first-order chi connectivity index (χ1) is 29.0. The molecule has 0 fully saturated rings. The lowest BCUT2D eigenvalue weighted by Gasteiger charge is -2.18. The van der Waals surface area contributed by atoms with Crippen LogP contribution in [0.1, 0.15) is 290 Å². The van der Waals surface area contributed by atoms with Gasteiger partial charge in [0.1, 0.15) is 13.2 Å². The van der Waals surface area contributed by atoms with Gasteiger partial charge < -0.3 is 14.2 Å². The van der Waals surface area contributed by atoms with Gasteiger partial charge >= 0.3 is 17.9 Å². The summed E-state index contributed by atoms with van der Waals surface area (Å²) >= 11 is 0. The average molecular weight is 833 g/mol. The summed E-state index contributed by atoms with van der Waals surface area (Å²) in [4.78, 5) is 37.9. The Bertz CT molecular complexity index is 916. The van der Waals surface area contributed by atoms with Crippen molar-refractivity contribution >= 4 is 17.9 Å². The van der Waals surface area contributed by atoms with Gasteiger partial charge in [0, 0.05) is 19.3 Å². The molecule has 0 radical (unpaired) electrons. The molecule has 59 heavy (non-hydrogen) atoms. The topological polar surface area (TPSA) is 78.9 Å². The highest BCUT2D eigenvalue weighted by Gasteiger charge is 2.19. The van der Waals surface area contributed by atoms with Crippen molar-refractivity contribution in [2.45, 2.75) is 297 Å². The molecule has 0 unspecified atom stereocenters. The first-order valence-electron chi connectivity index (χ1n) is 26.2. The Balaban J connectivity index is 4.30. The van der Waals surface area contributed by atoms with Crippen LogP contribution in [0.15, 0.2) is 12.2 Å². The van der Waals surface area contributed by atoms with Crippen molar-refractivity contribution in [3.05, 3.63) is 12.2 Å². The molecule has 0 saturated heterocycles. The Morgan fingerprint density at radius 2 is 0.559 bits per heavy atom. The van der Waals surface area contributed by atoms with Crippen LogP contribution >= 0.6 is 0 Å². The summed E-state index contributed by atoms with van der Waals surface area (Å²) in [5, 5.41) is 0. The van der Waals surface area contributed by atoms with Gasteiger partial charge in [-0.1, -0.05) is 238 Å². The molecule has 348 valence electrons. The first-order valence-corrected chi connectivity index (χ1v) is 26.2. The van der Waals surface area contributed by atoms with E-state index in [0.29, 0.717) is 19.3 Å². The lowest BCUT2D eigenvalue weighted by molar-refractivity contribution is -0.167. The van der Waals surface area contributed by atoms with Gasteiger partial charge in [-0.25, -0.2) is 0 Å². The molecule has 0 bridgehead atoms. The molecule has 0 rings (SSSR count). The van der Waals surface area contributed by atoms with Crippen LogP contribution in [-0.2, 0) is 28.6 Å². The molecule has 0 aliphatic rings. The second-order valence-electron chi connectivity index (χ2n) is 17.8. The van der Waals surface area contributed by atoms with Crippen LogP contribution in [0.25, 0.3) is 0 Å². The third-order valence-electron chi connectivity index (χ3n) is 11.8. The van der Waals surface area contributed by atoms with Gasteiger partial charge in [-0.3, -0.25) is 14.4 Å². The summed E-state index contributed by atoms with van der Waals surface area (Å²) in [6.07, 6.45) is 53.3. The van der Waals surface area contributed by atoms with Gasteiger partial charge in [-0.2, -0.15) is 0 Å². The van der Waals surface area contributed by atoms with E-state index in [1.54, 1.807) is 0 Å². The van der Waals surface area contributed by atoms with Crippen molar-refractivity contribution in [3.8, 4) is 0 Å². The van der Waals surface area contributed by atoms with Crippen molar-refractivity contribution in [2.24, 2.45) is 0 Å². The maximum atomic E-state index is 12.8. The fraction of sp³-hybridized carbons (Fsp3) is 0.906. The van der Waals surface area contributed by atoms with E-state index in [-0.39, 0.29) is 31.1 Å². The Labute approximate surface area is 367 Å². The zero-order valence-corrected chi connectivity index (χ0v) is 39.8. The van der Waals surface area contributed by atoms with E-state index in [1.807, 2.05) is 0 Å². The Morgan fingerprint density at radius 3 is 0.847 bits per heavy atom. The van der Waals surface area contributed by atoms with E-state index >= 15 is 0 Å². The highest BCUT2D eigenvalue weighted by atomic mass is 16.6. The Kier molecular flexibility index (Phi) is 47.3. The number of unbranched alkanes of at least 4 members (excludes halogenated alkanes) is 35. The lowest BCUT2D eigenvalue weighted by Crippen LogP contribution is -2.30. The Morgan fingerprint density at radius 1 is 0.322 bits per heavy atom. The fourth-order valence-electron chi connectivity index (χ4n) is 7.79. The number of carbonyl (C=O) groups excluding carboxylic acids is 3. The van der Waals surface area contributed by atoms with Crippen LogP contribution in [-0.4, -0.2) is 37.2 Å². The largest absolute Gasteiger partial charge is 0.462 e. The Hall–Kier alpha value is -1.85. The van der Waals surface area contributed by atoms with Gasteiger partial charge in [-0.15, -0.1) is 0 Å². The number of hydrogen-bond acceptors (Lipinski definition) is 6. The molecule has 0 aliphatic carbocycles. The van der Waals surface area contributed by atoms with Crippen molar-refractivity contribution in [1.82, 2.24) is 0 Å². The SMILES string of the molecule is CCCCCCCC/C=C\CCCCCCCCCC(=O)OC[C@H](COC(=O)CCCCCCCCCCCCCC)OC(=O)CCCCCCCCCCCCCC. The zero-order chi connectivity index (χ0) is 43.0. The minimum absolute atomic E-state index is 0.0660. The summed E-state index contributed by atoms with van der Waals surface area (Å²) in [7, 11) is 0. The molecule has 6 nitrogen and oxygen atoms in total. The van der Waals surface area contributed by atoms with Crippen molar-refractivity contribution < 1.29 is 28.6 Å². The molecule has 0 aliphatic heterocycles. The van der Waals surface area contributed by atoms with E-state index in [2.05, 4.69) is 32.9 Å². The third-order valence-corrected chi connectivity index (χ3v) is 11.8. The predicted octanol–water partition coefficient (Wildman–Crippen LogP) is 17.0. The lowest BCUT2D eigenvalue weighted by atomic mass is 10.0. The van der Waals surface area contributed by atoms with Crippen molar-refractivity contribution in [3.63, 3.8) is 0 Å². The van der Waals surface area contributed by atoms with Crippen molar-refractivity contribution in [1.29, 1.82) is 0 Å². The number of hydrogen-bond donors (Lipinski definition) is 0. The second kappa shape index (κ2) is 48.8. The van der Waals surface area contributed by atoms with E-state index in [9.17, 15) is 14.4 Å². The molecule has 0 heterocycles. The van der Waals surface area contributed by atoms with Crippen LogP contribution in [0.3, 0.4) is 0 Å². The van der Waals surface area contributed by atoms with Crippen molar-refractivity contribution in [2.75, 3.05) is 13.2 Å². The van der Waals surface area contributed by atoms with Crippen LogP contribution in [0, 0.1) is 0 Å². The minimum Gasteiger partial charge on any atom is -0.462 e. The van der Waals surface area contributed by atoms with Crippen LogP contribution in [0.4, 0.5) is 0 Å². The van der Waals surface area contributed by atoms with Gasteiger partial charge in [-0.05, 0) is 44.9 Å². The van der Waals surface area contributed by atoms with Crippen LogP contribution in [0.5, 0.6) is 0 Å². The average Bonchev–Trinajstić information content (AvgIpc) is 3.23. The molecule has 0 aromatic heterocycles. The molecule has 0 aromatic rings. The van der Waals surface area contributed by atoms with Gasteiger partial charge in [0.15, 0.2) is 6.10 Å². The number of esters is 3. The summed E-state index contributed by atoms with van der Waals surface area (Å²) in [5.74, 6) is -0.854. The molecule has 0 saturated carbocycles. The smallest absolute Gasteiger partial charge is 0.306 e. The molecular formula is C53H100O6. The number of allylic oxidation sites excluding steroid dienone is 2. The molecular weight excluding hydrogens is 733 g/mol. The molecule has 0 amide bonds. The monoisotopic (exact) mass is 833 g/mol. The maximum Gasteiger partial charge on any atom is 0.306 e.